The Morgan fingerprint density at radius 3 is 2.62 bits per heavy atom. The van der Waals surface area contributed by atoms with Gasteiger partial charge in [0, 0.05) is 9.50 Å². The molecule has 0 radical (unpaired) electrons. The Labute approximate surface area is 216 Å². The van der Waals surface area contributed by atoms with Gasteiger partial charge in [0.2, 0.25) is 0 Å². The first kappa shape index (κ1) is 25.7. The zero-order valence-electron chi connectivity index (χ0n) is 17.6. The van der Waals surface area contributed by atoms with Crippen molar-refractivity contribution >= 4 is 67.2 Å². The molecule has 0 aliphatic rings. The van der Waals surface area contributed by atoms with E-state index in [9.17, 15) is 14.0 Å². The number of halogens is 4. The lowest BCUT2D eigenvalue weighted by atomic mass is 10.2. The van der Waals surface area contributed by atoms with Crippen molar-refractivity contribution in [2.24, 2.45) is 5.10 Å². The molecule has 0 aliphatic carbocycles. The summed E-state index contributed by atoms with van der Waals surface area (Å²) < 4.78 is 26.2. The zero-order chi connectivity index (χ0) is 24.7. The highest BCUT2D eigenvalue weighted by Crippen LogP contribution is 2.37. The minimum absolute atomic E-state index is 0.130. The lowest BCUT2D eigenvalue weighted by Crippen LogP contribution is -2.32. The molecule has 2 amide bonds. The van der Waals surface area contributed by atoms with Crippen LogP contribution in [0, 0.1) is 5.82 Å². The second-order valence-electron chi connectivity index (χ2n) is 6.73. The Hall–Kier alpha value is -2.95. The summed E-state index contributed by atoms with van der Waals surface area (Å²) in [5.41, 5.74) is 3.40. The minimum Gasteiger partial charge on any atom is -0.493 e. The van der Waals surface area contributed by atoms with Crippen LogP contribution in [0.25, 0.3) is 0 Å². The minimum atomic E-state index is -1.07. The highest BCUT2D eigenvalue weighted by molar-refractivity contribution is 9.10. The van der Waals surface area contributed by atoms with Crippen LogP contribution >= 0.6 is 43.5 Å². The van der Waals surface area contributed by atoms with Gasteiger partial charge in [-0.05, 0) is 69.5 Å². The molecule has 34 heavy (non-hydrogen) atoms. The van der Waals surface area contributed by atoms with Gasteiger partial charge in [-0.3, -0.25) is 9.59 Å². The fraction of sp³-hybridized carbons (Fsp3) is 0.0870. The number of hydrazone groups is 1. The summed E-state index contributed by atoms with van der Waals surface area (Å²) in [4.78, 5) is 23.9. The van der Waals surface area contributed by atoms with Crippen LogP contribution < -0.4 is 20.2 Å². The summed E-state index contributed by atoms with van der Waals surface area (Å²) in [6.45, 7) is 0.271. The van der Waals surface area contributed by atoms with Crippen molar-refractivity contribution in [3.8, 4) is 11.5 Å². The lowest BCUT2D eigenvalue weighted by molar-refractivity contribution is -0.136. The number of hydrogen-bond donors (Lipinski definition) is 2. The van der Waals surface area contributed by atoms with Crippen molar-refractivity contribution in [3.05, 3.63) is 85.5 Å². The van der Waals surface area contributed by atoms with Crippen molar-refractivity contribution in [2.75, 3.05) is 12.4 Å². The van der Waals surface area contributed by atoms with E-state index in [1.54, 1.807) is 24.3 Å². The standard InChI is InChI=1S/C23H17Br2ClFN3O4/c1-33-20-9-14(8-17(25)21(20)34-12-13-3-2-4-16(26)7-13)11-28-30-23(32)22(31)29-19-6-5-15(24)10-18(19)27/h2-11H,12H2,1H3,(H,29,31)(H,30,32). The van der Waals surface area contributed by atoms with Crippen LogP contribution in [0.2, 0.25) is 5.02 Å². The maximum atomic E-state index is 13.8. The largest absolute Gasteiger partial charge is 0.493 e. The summed E-state index contributed by atoms with van der Waals surface area (Å²) in [7, 11) is 1.49. The molecule has 0 aliphatic heterocycles. The Morgan fingerprint density at radius 2 is 1.91 bits per heavy atom. The molecule has 3 aromatic rings. The normalized spacial score (nSPS) is 10.7. The van der Waals surface area contributed by atoms with Gasteiger partial charge in [-0.25, -0.2) is 9.82 Å². The average molecular weight is 614 g/mol. The Bertz CT molecular complexity index is 1260. The Kier molecular flexibility index (Phi) is 9.03. The number of nitrogens with one attached hydrogen (secondary N) is 2. The molecule has 2 N–H and O–H groups in total. The van der Waals surface area contributed by atoms with Gasteiger partial charge in [0.05, 0.1) is 23.5 Å². The first-order chi connectivity index (χ1) is 16.3. The molecular weight excluding hydrogens is 597 g/mol. The van der Waals surface area contributed by atoms with E-state index < -0.39 is 17.6 Å². The number of carbonyl (C=O) groups is 2. The van der Waals surface area contributed by atoms with Crippen molar-refractivity contribution in [1.29, 1.82) is 0 Å². The quantitative estimate of drug-likeness (QED) is 0.204. The van der Waals surface area contributed by atoms with Crippen LogP contribution in [0.4, 0.5) is 10.1 Å². The average Bonchev–Trinajstić information content (AvgIpc) is 2.79. The van der Waals surface area contributed by atoms with Crippen LogP contribution in [0.5, 0.6) is 11.5 Å². The number of anilines is 1. The van der Waals surface area contributed by atoms with Crippen molar-refractivity contribution < 1.29 is 23.5 Å². The van der Waals surface area contributed by atoms with Gasteiger partial charge in [-0.1, -0.05) is 39.7 Å². The van der Waals surface area contributed by atoms with Gasteiger partial charge in [-0.15, -0.1) is 0 Å². The SMILES string of the molecule is COc1cc(C=NNC(=O)C(=O)Nc2ccc(Br)cc2F)cc(Br)c1OCc1cccc(Cl)c1. The van der Waals surface area contributed by atoms with Gasteiger partial charge in [-0.2, -0.15) is 5.10 Å². The fourth-order valence-electron chi connectivity index (χ4n) is 2.72. The molecule has 0 heterocycles. The molecule has 0 atom stereocenters. The van der Waals surface area contributed by atoms with Crippen molar-refractivity contribution in [1.82, 2.24) is 5.43 Å². The summed E-state index contributed by atoms with van der Waals surface area (Å²) in [5, 5.41) is 6.56. The molecule has 3 rings (SSSR count). The van der Waals surface area contributed by atoms with E-state index in [4.69, 9.17) is 21.1 Å². The van der Waals surface area contributed by atoms with E-state index in [2.05, 4.69) is 47.7 Å². The van der Waals surface area contributed by atoms with Gasteiger partial charge in [0.1, 0.15) is 12.4 Å². The predicted octanol–water partition coefficient (Wildman–Crippen LogP) is 5.68. The number of rotatable bonds is 7. The smallest absolute Gasteiger partial charge is 0.329 e. The monoisotopic (exact) mass is 611 g/mol. The third-order valence-electron chi connectivity index (χ3n) is 4.29. The maximum Gasteiger partial charge on any atom is 0.329 e. The number of benzene rings is 3. The van der Waals surface area contributed by atoms with Crippen molar-refractivity contribution in [2.45, 2.75) is 6.61 Å². The predicted molar refractivity (Wildman–Crippen MR) is 135 cm³/mol. The molecule has 0 unspecified atom stereocenters. The number of ether oxygens (including phenoxy) is 2. The summed E-state index contributed by atoms with van der Waals surface area (Å²) >= 11 is 12.6. The lowest BCUT2D eigenvalue weighted by Gasteiger charge is -2.13. The second-order valence-corrected chi connectivity index (χ2v) is 8.94. The molecule has 176 valence electrons. The Balaban J connectivity index is 1.63. The van der Waals surface area contributed by atoms with Gasteiger partial charge in [0.25, 0.3) is 0 Å². The fourth-order valence-corrected chi connectivity index (χ4v) is 3.84. The molecule has 3 aromatic carbocycles. The van der Waals surface area contributed by atoms with E-state index in [1.165, 1.54) is 31.5 Å². The molecule has 11 heteroatoms. The number of amides is 2. The van der Waals surface area contributed by atoms with E-state index in [0.717, 1.165) is 5.56 Å². The van der Waals surface area contributed by atoms with E-state index in [1.807, 2.05) is 12.1 Å². The summed E-state index contributed by atoms with van der Waals surface area (Å²) in [6.07, 6.45) is 1.32. The summed E-state index contributed by atoms with van der Waals surface area (Å²) in [5.74, 6) is -1.92. The second kappa shape index (κ2) is 12.0. The van der Waals surface area contributed by atoms with Crippen LogP contribution in [0.3, 0.4) is 0 Å². The molecule has 0 saturated heterocycles. The van der Waals surface area contributed by atoms with E-state index in [0.29, 0.717) is 31.0 Å². The molecule has 0 fully saturated rings. The number of hydrogen-bond acceptors (Lipinski definition) is 5. The third-order valence-corrected chi connectivity index (χ3v) is 5.61. The number of methoxy groups -OCH3 is 1. The number of carbonyl (C=O) groups excluding carboxylic acids is 2. The zero-order valence-corrected chi connectivity index (χ0v) is 21.5. The van der Waals surface area contributed by atoms with Crippen LogP contribution in [-0.4, -0.2) is 25.1 Å². The molecule has 0 spiro atoms. The van der Waals surface area contributed by atoms with Gasteiger partial charge in [0.15, 0.2) is 11.5 Å². The van der Waals surface area contributed by atoms with E-state index >= 15 is 0 Å². The highest BCUT2D eigenvalue weighted by Gasteiger charge is 2.16. The highest BCUT2D eigenvalue weighted by atomic mass is 79.9. The molecule has 0 saturated carbocycles. The van der Waals surface area contributed by atoms with Crippen molar-refractivity contribution in [3.63, 3.8) is 0 Å². The first-order valence-electron chi connectivity index (χ1n) is 9.61. The maximum absolute atomic E-state index is 13.8. The third kappa shape index (κ3) is 7.02. The molecule has 0 bridgehead atoms. The van der Waals surface area contributed by atoms with Gasteiger partial charge >= 0.3 is 11.8 Å². The number of nitrogens with zero attached hydrogens (tertiary/aromatic N) is 1. The molecule has 7 nitrogen and oxygen atoms in total. The molecular formula is C23H17Br2ClFN3O4. The molecule has 0 aromatic heterocycles. The van der Waals surface area contributed by atoms with E-state index in [-0.39, 0.29) is 12.3 Å². The first-order valence-corrected chi connectivity index (χ1v) is 11.6. The Morgan fingerprint density at radius 1 is 1.12 bits per heavy atom. The van der Waals surface area contributed by atoms with Crippen LogP contribution in [0.1, 0.15) is 11.1 Å². The van der Waals surface area contributed by atoms with Crippen LogP contribution in [-0.2, 0) is 16.2 Å². The summed E-state index contributed by atoms with van der Waals surface area (Å²) in [6, 6.07) is 14.7. The van der Waals surface area contributed by atoms with Gasteiger partial charge < -0.3 is 14.8 Å². The van der Waals surface area contributed by atoms with Crippen LogP contribution in [0.15, 0.2) is 68.6 Å². The topological polar surface area (TPSA) is 89.0 Å².